The van der Waals surface area contributed by atoms with Gasteiger partial charge in [0.1, 0.15) is 0 Å². The second-order valence-electron chi connectivity index (χ2n) is 4.98. The van der Waals surface area contributed by atoms with E-state index in [2.05, 4.69) is 15.3 Å². The van der Waals surface area contributed by atoms with Crippen molar-refractivity contribution in [2.45, 2.75) is 13.0 Å². The molecule has 3 rings (SSSR count). The molecule has 0 atom stereocenters. The number of aryl methyl sites for hydroxylation is 1. The third kappa shape index (κ3) is 2.47. The van der Waals surface area contributed by atoms with E-state index in [1.54, 1.807) is 24.8 Å². The van der Waals surface area contributed by atoms with Crippen LogP contribution in [0, 0.1) is 6.92 Å². The molecular formula is C15H16N4O. The standard InChI is InChI=1S/C15H16N4O/c1-11-4-6-17-8-14(11)15(20)19-9-13(10-19)18-12-3-2-5-16-7-12/h2-8,13,18H,9-10H2,1H3. The summed E-state index contributed by atoms with van der Waals surface area (Å²) in [6.07, 6.45) is 6.87. The Hall–Kier alpha value is -2.43. The maximum Gasteiger partial charge on any atom is 0.255 e. The van der Waals surface area contributed by atoms with E-state index in [0.717, 1.165) is 11.3 Å². The van der Waals surface area contributed by atoms with Crippen LogP contribution in [0.2, 0.25) is 0 Å². The lowest BCUT2D eigenvalue weighted by Gasteiger charge is -2.40. The van der Waals surface area contributed by atoms with Crippen molar-refractivity contribution in [2.75, 3.05) is 18.4 Å². The zero-order chi connectivity index (χ0) is 13.9. The van der Waals surface area contributed by atoms with Crippen LogP contribution in [0.5, 0.6) is 0 Å². The number of amides is 1. The van der Waals surface area contributed by atoms with Crippen LogP contribution in [0.1, 0.15) is 15.9 Å². The van der Waals surface area contributed by atoms with Crippen molar-refractivity contribution >= 4 is 11.6 Å². The molecule has 0 unspecified atom stereocenters. The molecule has 1 aliphatic rings. The van der Waals surface area contributed by atoms with Gasteiger partial charge in [0.05, 0.1) is 17.3 Å². The predicted molar refractivity (Wildman–Crippen MR) is 76.5 cm³/mol. The van der Waals surface area contributed by atoms with E-state index in [-0.39, 0.29) is 5.91 Å². The number of rotatable bonds is 3. The molecule has 1 aliphatic heterocycles. The van der Waals surface area contributed by atoms with Crippen molar-refractivity contribution in [3.63, 3.8) is 0 Å². The van der Waals surface area contributed by atoms with Gasteiger partial charge in [0.25, 0.3) is 5.91 Å². The van der Waals surface area contributed by atoms with Gasteiger partial charge in [-0.3, -0.25) is 14.8 Å². The lowest BCUT2D eigenvalue weighted by molar-refractivity contribution is 0.0624. The molecule has 102 valence electrons. The molecule has 1 saturated heterocycles. The highest BCUT2D eigenvalue weighted by Gasteiger charge is 2.31. The Morgan fingerprint density at radius 2 is 2.05 bits per heavy atom. The fraction of sp³-hybridized carbons (Fsp3) is 0.267. The van der Waals surface area contributed by atoms with Gasteiger partial charge < -0.3 is 10.2 Å². The third-order valence-corrected chi connectivity index (χ3v) is 3.47. The van der Waals surface area contributed by atoms with E-state index < -0.39 is 0 Å². The first-order valence-corrected chi connectivity index (χ1v) is 6.60. The van der Waals surface area contributed by atoms with Crippen LogP contribution in [0.15, 0.2) is 43.0 Å². The Balaban J connectivity index is 1.58. The lowest BCUT2D eigenvalue weighted by Crippen LogP contribution is -2.57. The molecule has 0 saturated carbocycles. The highest BCUT2D eigenvalue weighted by atomic mass is 16.2. The summed E-state index contributed by atoms with van der Waals surface area (Å²) in [4.78, 5) is 22.2. The van der Waals surface area contributed by atoms with Gasteiger partial charge >= 0.3 is 0 Å². The Labute approximate surface area is 117 Å². The summed E-state index contributed by atoms with van der Waals surface area (Å²) in [6.45, 7) is 3.35. The average molecular weight is 268 g/mol. The summed E-state index contributed by atoms with van der Waals surface area (Å²) in [5.41, 5.74) is 2.64. The number of nitrogens with one attached hydrogen (secondary N) is 1. The molecule has 2 aromatic rings. The summed E-state index contributed by atoms with van der Waals surface area (Å²) in [5.74, 6) is 0.0554. The molecule has 5 nitrogen and oxygen atoms in total. The fourth-order valence-corrected chi connectivity index (χ4v) is 2.28. The molecule has 3 heterocycles. The van der Waals surface area contributed by atoms with E-state index >= 15 is 0 Å². The number of pyridine rings is 2. The van der Waals surface area contributed by atoms with Crippen LogP contribution in [0.3, 0.4) is 0 Å². The zero-order valence-corrected chi connectivity index (χ0v) is 11.3. The van der Waals surface area contributed by atoms with Crippen molar-refractivity contribution in [3.8, 4) is 0 Å². The predicted octanol–water partition coefficient (Wildman–Crippen LogP) is 1.72. The van der Waals surface area contributed by atoms with Gasteiger partial charge in [0.15, 0.2) is 0 Å². The Bertz CT molecular complexity index is 608. The van der Waals surface area contributed by atoms with Crippen molar-refractivity contribution in [3.05, 3.63) is 54.1 Å². The molecule has 2 aromatic heterocycles. The van der Waals surface area contributed by atoms with Crippen LogP contribution in [-0.2, 0) is 0 Å². The molecule has 1 amide bonds. The minimum atomic E-state index is 0.0554. The Morgan fingerprint density at radius 3 is 2.75 bits per heavy atom. The number of hydrogen-bond acceptors (Lipinski definition) is 4. The minimum absolute atomic E-state index is 0.0554. The van der Waals surface area contributed by atoms with Crippen molar-refractivity contribution in [1.29, 1.82) is 0 Å². The minimum Gasteiger partial charge on any atom is -0.377 e. The summed E-state index contributed by atoms with van der Waals surface area (Å²) < 4.78 is 0. The second-order valence-corrected chi connectivity index (χ2v) is 4.98. The Kier molecular flexibility index (Phi) is 3.33. The molecule has 0 bridgehead atoms. The summed E-state index contributed by atoms with van der Waals surface area (Å²) in [6, 6.07) is 6.02. The highest BCUT2D eigenvalue weighted by Crippen LogP contribution is 2.18. The summed E-state index contributed by atoms with van der Waals surface area (Å²) in [5, 5.41) is 3.36. The monoisotopic (exact) mass is 268 g/mol. The molecular weight excluding hydrogens is 252 g/mol. The van der Waals surface area contributed by atoms with Crippen molar-refractivity contribution < 1.29 is 4.79 Å². The first-order chi connectivity index (χ1) is 9.74. The smallest absolute Gasteiger partial charge is 0.255 e. The van der Waals surface area contributed by atoms with Crippen molar-refractivity contribution in [2.24, 2.45) is 0 Å². The van der Waals surface area contributed by atoms with E-state index in [1.807, 2.05) is 30.0 Å². The first kappa shape index (κ1) is 12.6. The molecule has 0 aromatic carbocycles. The topological polar surface area (TPSA) is 58.1 Å². The normalized spacial score (nSPS) is 14.8. The number of hydrogen-bond donors (Lipinski definition) is 1. The van der Waals surface area contributed by atoms with Gasteiger partial charge in [-0.25, -0.2) is 0 Å². The molecule has 0 spiro atoms. The summed E-state index contributed by atoms with van der Waals surface area (Å²) >= 11 is 0. The first-order valence-electron chi connectivity index (χ1n) is 6.60. The molecule has 1 N–H and O–H groups in total. The highest BCUT2D eigenvalue weighted by molar-refractivity contribution is 5.96. The SMILES string of the molecule is Cc1ccncc1C(=O)N1CC(Nc2cccnc2)C1. The molecule has 20 heavy (non-hydrogen) atoms. The molecule has 5 heteroatoms. The van der Waals surface area contributed by atoms with Gasteiger partial charge in [-0.1, -0.05) is 0 Å². The number of carbonyl (C=O) groups is 1. The van der Waals surface area contributed by atoms with Gasteiger partial charge in [-0.05, 0) is 30.7 Å². The van der Waals surface area contributed by atoms with Gasteiger partial charge in [-0.15, -0.1) is 0 Å². The third-order valence-electron chi connectivity index (χ3n) is 3.47. The van der Waals surface area contributed by atoms with E-state index in [4.69, 9.17) is 0 Å². The van der Waals surface area contributed by atoms with Gasteiger partial charge in [0.2, 0.25) is 0 Å². The number of likely N-dealkylation sites (tertiary alicyclic amines) is 1. The molecule has 0 aliphatic carbocycles. The van der Waals surface area contributed by atoms with E-state index in [0.29, 0.717) is 24.7 Å². The Morgan fingerprint density at radius 1 is 1.25 bits per heavy atom. The fourth-order valence-electron chi connectivity index (χ4n) is 2.28. The van der Waals surface area contributed by atoms with Crippen LogP contribution < -0.4 is 5.32 Å². The van der Waals surface area contributed by atoms with Crippen molar-refractivity contribution in [1.82, 2.24) is 14.9 Å². The van der Waals surface area contributed by atoms with Crippen LogP contribution in [0.25, 0.3) is 0 Å². The van der Waals surface area contributed by atoms with E-state index in [9.17, 15) is 4.79 Å². The maximum absolute atomic E-state index is 12.3. The number of nitrogens with zero attached hydrogens (tertiary/aromatic N) is 3. The number of aromatic nitrogens is 2. The zero-order valence-electron chi connectivity index (χ0n) is 11.3. The molecule has 0 radical (unpaired) electrons. The number of carbonyl (C=O) groups excluding carboxylic acids is 1. The maximum atomic E-state index is 12.3. The molecule has 1 fully saturated rings. The quantitative estimate of drug-likeness (QED) is 0.921. The van der Waals surface area contributed by atoms with E-state index in [1.165, 1.54) is 0 Å². The summed E-state index contributed by atoms with van der Waals surface area (Å²) in [7, 11) is 0. The van der Waals surface area contributed by atoms with Crippen LogP contribution in [-0.4, -0.2) is 39.9 Å². The lowest BCUT2D eigenvalue weighted by atomic mass is 10.0. The van der Waals surface area contributed by atoms with Crippen LogP contribution >= 0.6 is 0 Å². The number of anilines is 1. The van der Waals surface area contributed by atoms with Gasteiger partial charge in [0, 0.05) is 37.9 Å². The van der Waals surface area contributed by atoms with Crippen LogP contribution in [0.4, 0.5) is 5.69 Å². The second kappa shape index (κ2) is 5.28. The largest absolute Gasteiger partial charge is 0.377 e. The average Bonchev–Trinajstić information content (AvgIpc) is 2.43. The van der Waals surface area contributed by atoms with Gasteiger partial charge in [-0.2, -0.15) is 0 Å².